The van der Waals surface area contributed by atoms with Gasteiger partial charge in [0.25, 0.3) is 0 Å². The number of hydrogen-bond donors (Lipinski definition) is 0. The summed E-state index contributed by atoms with van der Waals surface area (Å²) in [6, 6.07) is 7.45. The summed E-state index contributed by atoms with van der Waals surface area (Å²) in [5.41, 5.74) is 0.801. The molecule has 0 heterocycles. The van der Waals surface area contributed by atoms with Crippen LogP contribution in [0.25, 0.3) is 0 Å². The molecule has 0 saturated carbocycles. The van der Waals surface area contributed by atoms with Crippen LogP contribution in [0.5, 0.6) is 0 Å². The molecule has 4 heteroatoms. The maximum Gasteiger partial charge on any atom is 1.00 e. The van der Waals surface area contributed by atoms with E-state index in [9.17, 15) is 14.7 Å². The number of carboxylic acid groups (broad SMARTS) is 1. The van der Waals surface area contributed by atoms with Gasteiger partial charge in [0.05, 0.1) is 5.41 Å². The number of hydrogen-bond acceptors (Lipinski definition) is 3. The second kappa shape index (κ2) is 6.50. The molecule has 0 unspecified atom stereocenters. The van der Waals surface area contributed by atoms with Gasteiger partial charge in [-0.25, -0.2) is 0 Å². The number of aliphatic carboxylic acids is 1. The maximum atomic E-state index is 11.5. The number of ketones is 1. The predicted molar refractivity (Wildman–Crippen MR) is 63.6 cm³/mol. The van der Waals surface area contributed by atoms with Gasteiger partial charge < -0.3 is 9.90 Å². The third kappa shape index (κ3) is 3.67. The zero-order chi connectivity index (χ0) is 13.2. The number of carboxylic acids is 1. The van der Waals surface area contributed by atoms with E-state index in [2.05, 4.69) is 13.8 Å². The molecule has 0 radical (unpaired) electrons. The molecule has 92 valence electrons. The summed E-state index contributed by atoms with van der Waals surface area (Å²) in [5.74, 6) is -2.12. The van der Waals surface area contributed by atoms with Crippen LogP contribution in [0.3, 0.4) is 0 Å². The van der Waals surface area contributed by atoms with E-state index in [0.717, 1.165) is 5.56 Å². The van der Waals surface area contributed by atoms with Gasteiger partial charge in [-0.1, -0.05) is 38.1 Å². The van der Waals surface area contributed by atoms with E-state index in [1.165, 1.54) is 0 Å². The molecule has 0 bridgehead atoms. The molecule has 1 rings (SSSR count). The topological polar surface area (TPSA) is 57.2 Å². The number of benzene rings is 1. The molecule has 0 saturated heterocycles. The Balaban J connectivity index is 0.00000289. The zero-order valence-electron chi connectivity index (χ0n) is 11.6. The summed E-state index contributed by atoms with van der Waals surface area (Å²) in [6.45, 7) is 7.34. The number of Topliss-reactive ketones (excluding diaryl/α,β-unsaturated/α-hetero) is 1. The van der Waals surface area contributed by atoms with Crippen LogP contribution in [-0.4, -0.2) is 11.8 Å². The van der Waals surface area contributed by atoms with Crippen molar-refractivity contribution in [3.05, 3.63) is 35.4 Å². The first-order valence-corrected chi connectivity index (χ1v) is 5.63. The minimum atomic E-state index is -1.64. The maximum absolute atomic E-state index is 11.5. The molecule has 0 aromatic heterocycles. The second-order valence-corrected chi connectivity index (χ2v) is 5.02. The average molecular weight is 256 g/mol. The molecule has 3 nitrogen and oxygen atoms in total. The Hall–Kier alpha value is -0.640. The van der Waals surface area contributed by atoms with E-state index in [1.54, 1.807) is 26.0 Å². The quantitative estimate of drug-likeness (QED) is 0.482. The van der Waals surface area contributed by atoms with Gasteiger partial charge in [0.15, 0.2) is 5.78 Å². The second-order valence-electron chi connectivity index (χ2n) is 5.02. The van der Waals surface area contributed by atoms with Crippen molar-refractivity contribution < 1.29 is 44.3 Å². The fourth-order valence-corrected chi connectivity index (χ4v) is 1.67. The van der Waals surface area contributed by atoms with Crippen molar-refractivity contribution in [2.24, 2.45) is 0 Å². The van der Waals surface area contributed by atoms with Crippen molar-refractivity contribution in [3.8, 4) is 0 Å². The van der Waals surface area contributed by atoms with Crippen LogP contribution in [0, 0.1) is 0 Å². The number of rotatable bonds is 4. The van der Waals surface area contributed by atoms with E-state index >= 15 is 0 Å². The van der Waals surface area contributed by atoms with E-state index in [0.29, 0.717) is 11.5 Å². The molecular formula is C14H17NaO3. The Labute approximate surface area is 130 Å². The van der Waals surface area contributed by atoms with E-state index < -0.39 is 17.2 Å². The van der Waals surface area contributed by atoms with Crippen molar-refractivity contribution in [2.75, 3.05) is 0 Å². The number of carbonyl (C=O) groups excluding carboxylic acids is 2. The molecule has 0 atom stereocenters. The van der Waals surface area contributed by atoms with Crippen molar-refractivity contribution in [1.29, 1.82) is 0 Å². The molecule has 0 N–H and O–H groups in total. The van der Waals surface area contributed by atoms with Gasteiger partial charge >= 0.3 is 29.6 Å². The van der Waals surface area contributed by atoms with E-state index in [4.69, 9.17) is 0 Å². The first-order valence-electron chi connectivity index (χ1n) is 5.63. The van der Waals surface area contributed by atoms with E-state index in [1.807, 2.05) is 12.1 Å². The Morgan fingerprint density at radius 3 is 1.89 bits per heavy atom. The van der Waals surface area contributed by atoms with Gasteiger partial charge in [-0.3, -0.25) is 4.79 Å². The minimum absolute atomic E-state index is 0. The van der Waals surface area contributed by atoms with Gasteiger partial charge in [0.2, 0.25) is 0 Å². The van der Waals surface area contributed by atoms with Crippen LogP contribution in [0.2, 0.25) is 0 Å². The third-order valence-electron chi connectivity index (χ3n) is 3.05. The molecule has 0 fully saturated rings. The van der Waals surface area contributed by atoms with Crippen LogP contribution in [0.1, 0.15) is 44.7 Å². The Morgan fingerprint density at radius 1 is 1.11 bits per heavy atom. The van der Waals surface area contributed by atoms with Crippen LogP contribution in [0.15, 0.2) is 24.3 Å². The Morgan fingerprint density at radius 2 is 1.56 bits per heavy atom. The largest absolute Gasteiger partial charge is 1.00 e. The summed E-state index contributed by atoms with van der Waals surface area (Å²) in [7, 11) is 0. The van der Waals surface area contributed by atoms with Crippen molar-refractivity contribution in [2.45, 2.75) is 39.0 Å². The third-order valence-corrected chi connectivity index (χ3v) is 3.05. The SMILES string of the molecule is CC(C)c1ccc(C(C)(C)C(=O)C(=O)[O-])cc1.[Na+]. The molecule has 0 aliphatic carbocycles. The molecule has 0 spiro atoms. The average Bonchev–Trinajstić information content (AvgIpc) is 2.27. The van der Waals surface area contributed by atoms with Crippen molar-refractivity contribution in [3.63, 3.8) is 0 Å². The van der Waals surface area contributed by atoms with Gasteiger partial charge in [-0.05, 0) is 30.9 Å². The number of carbonyl (C=O) groups is 2. The van der Waals surface area contributed by atoms with Crippen LogP contribution < -0.4 is 34.7 Å². The normalized spacial score (nSPS) is 10.9. The molecular weight excluding hydrogens is 239 g/mol. The smallest absolute Gasteiger partial charge is 0.542 e. The molecule has 0 aliphatic heterocycles. The minimum Gasteiger partial charge on any atom is -0.542 e. The molecule has 18 heavy (non-hydrogen) atoms. The van der Waals surface area contributed by atoms with Gasteiger partial charge in [0.1, 0.15) is 5.97 Å². The summed E-state index contributed by atoms with van der Waals surface area (Å²) in [5, 5.41) is 10.6. The summed E-state index contributed by atoms with van der Waals surface area (Å²) in [4.78, 5) is 22.2. The first kappa shape index (κ1) is 17.4. The Bertz CT molecular complexity index is 433. The molecule has 1 aromatic rings. The van der Waals surface area contributed by atoms with Crippen molar-refractivity contribution in [1.82, 2.24) is 0 Å². The summed E-state index contributed by atoms with van der Waals surface area (Å²) in [6.07, 6.45) is 0. The summed E-state index contributed by atoms with van der Waals surface area (Å²) >= 11 is 0. The molecule has 0 aliphatic rings. The van der Waals surface area contributed by atoms with Crippen LogP contribution in [-0.2, 0) is 15.0 Å². The fraction of sp³-hybridized carbons (Fsp3) is 0.429. The van der Waals surface area contributed by atoms with Crippen molar-refractivity contribution >= 4 is 11.8 Å². The molecule has 0 amide bonds. The Kier molecular flexibility index (Phi) is 6.27. The van der Waals surface area contributed by atoms with Gasteiger partial charge in [-0.15, -0.1) is 0 Å². The van der Waals surface area contributed by atoms with Crippen LogP contribution in [0.4, 0.5) is 0 Å². The monoisotopic (exact) mass is 256 g/mol. The van der Waals surface area contributed by atoms with Gasteiger partial charge in [0, 0.05) is 0 Å². The molecule has 1 aromatic carbocycles. The predicted octanol–water partition coefficient (Wildman–Crippen LogP) is -1.59. The first-order chi connectivity index (χ1) is 7.76. The fourth-order valence-electron chi connectivity index (χ4n) is 1.67. The zero-order valence-corrected chi connectivity index (χ0v) is 13.6. The standard InChI is InChI=1S/C14H18O3.Na/c1-9(2)10-5-7-11(8-6-10)14(3,4)12(15)13(16)17;/h5-9H,1-4H3,(H,16,17);/q;+1/p-1. The van der Waals surface area contributed by atoms with Gasteiger partial charge in [-0.2, -0.15) is 0 Å². The van der Waals surface area contributed by atoms with Crippen LogP contribution >= 0.6 is 0 Å². The van der Waals surface area contributed by atoms with E-state index in [-0.39, 0.29) is 29.6 Å². The summed E-state index contributed by atoms with van der Waals surface area (Å²) < 4.78 is 0.